The van der Waals surface area contributed by atoms with E-state index in [1.54, 1.807) is 0 Å². The lowest BCUT2D eigenvalue weighted by atomic mass is 11.0. The van der Waals surface area contributed by atoms with Gasteiger partial charge in [0, 0.05) is 17.5 Å². The van der Waals surface area contributed by atoms with Crippen molar-refractivity contribution in [3.63, 3.8) is 0 Å². The SMILES string of the molecule is CN(C)CSCCCl. The summed E-state index contributed by atoms with van der Waals surface area (Å²) in [5.41, 5.74) is 0. The zero-order valence-corrected chi connectivity index (χ0v) is 6.93. The van der Waals surface area contributed by atoms with E-state index in [1.165, 1.54) is 0 Å². The van der Waals surface area contributed by atoms with E-state index < -0.39 is 0 Å². The molecule has 0 aliphatic carbocycles. The fourth-order valence-corrected chi connectivity index (χ4v) is 1.23. The van der Waals surface area contributed by atoms with Gasteiger partial charge in [-0.25, -0.2) is 0 Å². The number of nitrogens with zero attached hydrogens (tertiary/aromatic N) is 1. The molecule has 0 aromatic carbocycles. The Bertz CT molecular complexity index is 49.7. The van der Waals surface area contributed by atoms with E-state index in [2.05, 4.69) is 19.0 Å². The Morgan fingerprint density at radius 2 is 2.12 bits per heavy atom. The number of alkyl halides is 1. The normalized spacial score (nSPS) is 10.5. The van der Waals surface area contributed by atoms with E-state index in [0.29, 0.717) is 0 Å². The zero-order chi connectivity index (χ0) is 6.41. The Balaban J connectivity index is 2.72. The van der Waals surface area contributed by atoms with Gasteiger partial charge in [-0.3, -0.25) is 0 Å². The Kier molecular flexibility index (Phi) is 6.16. The van der Waals surface area contributed by atoms with Crippen LogP contribution in [0.2, 0.25) is 0 Å². The molecule has 0 aliphatic rings. The van der Waals surface area contributed by atoms with Gasteiger partial charge in [-0.1, -0.05) is 0 Å². The first-order valence-electron chi connectivity index (χ1n) is 2.56. The van der Waals surface area contributed by atoms with Gasteiger partial charge in [0.2, 0.25) is 0 Å². The first-order valence-corrected chi connectivity index (χ1v) is 4.24. The molecule has 0 saturated heterocycles. The Morgan fingerprint density at radius 1 is 1.50 bits per heavy atom. The molecule has 0 radical (unpaired) electrons. The van der Waals surface area contributed by atoms with E-state index >= 15 is 0 Å². The van der Waals surface area contributed by atoms with Crippen LogP contribution in [-0.2, 0) is 0 Å². The molecule has 0 fully saturated rings. The van der Waals surface area contributed by atoms with Gasteiger partial charge in [-0.05, 0) is 14.1 Å². The fraction of sp³-hybridized carbons (Fsp3) is 1.00. The summed E-state index contributed by atoms with van der Waals surface area (Å²) in [6.07, 6.45) is 0. The third-order valence-corrected chi connectivity index (χ3v) is 2.18. The van der Waals surface area contributed by atoms with E-state index in [9.17, 15) is 0 Å². The Hall–Kier alpha value is 0.600. The summed E-state index contributed by atoms with van der Waals surface area (Å²) < 4.78 is 0. The van der Waals surface area contributed by atoms with Crippen LogP contribution in [0, 0.1) is 0 Å². The lowest BCUT2D eigenvalue weighted by Gasteiger charge is -2.06. The maximum absolute atomic E-state index is 5.45. The van der Waals surface area contributed by atoms with Crippen LogP contribution in [-0.4, -0.2) is 36.5 Å². The zero-order valence-electron chi connectivity index (χ0n) is 5.35. The number of rotatable bonds is 4. The molecular formula is C5H12ClNS. The van der Waals surface area contributed by atoms with Crippen molar-refractivity contribution in [1.82, 2.24) is 4.90 Å². The minimum Gasteiger partial charge on any atom is -0.300 e. The second kappa shape index (κ2) is 5.73. The van der Waals surface area contributed by atoms with Crippen LogP contribution in [0.25, 0.3) is 0 Å². The van der Waals surface area contributed by atoms with Gasteiger partial charge in [0.25, 0.3) is 0 Å². The molecule has 0 saturated carbocycles. The molecule has 0 unspecified atom stereocenters. The van der Waals surface area contributed by atoms with Crippen molar-refractivity contribution in [2.24, 2.45) is 0 Å². The van der Waals surface area contributed by atoms with Crippen LogP contribution in [0.1, 0.15) is 0 Å². The minimum atomic E-state index is 0.762. The third kappa shape index (κ3) is 6.60. The van der Waals surface area contributed by atoms with Gasteiger partial charge < -0.3 is 4.90 Å². The molecule has 0 aromatic rings. The first kappa shape index (κ1) is 8.60. The molecule has 3 heteroatoms. The van der Waals surface area contributed by atoms with Gasteiger partial charge in [-0.15, -0.1) is 23.4 Å². The van der Waals surface area contributed by atoms with Gasteiger partial charge in [0.15, 0.2) is 0 Å². The fourth-order valence-electron chi connectivity index (χ4n) is 0.302. The summed E-state index contributed by atoms with van der Waals surface area (Å²) in [5.74, 6) is 2.89. The first-order chi connectivity index (χ1) is 3.77. The number of hydrogen-bond acceptors (Lipinski definition) is 2. The standard InChI is InChI=1S/C5H12ClNS/c1-7(2)5-8-4-3-6/h3-5H2,1-2H3. The predicted molar refractivity (Wildman–Crippen MR) is 41.7 cm³/mol. The maximum Gasteiger partial charge on any atom is 0.0438 e. The van der Waals surface area contributed by atoms with Crippen LogP contribution in [0.4, 0.5) is 0 Å². The molecule has 50 valence electrons. The highest BCUT2D eigenvalue weighted by Gasteiger charge is 1.87. The van der Waals surface area contributed by atoms with Crippen molar-refractivity contribution in [3.8, 4) is 0 Å². The lowest BCUT2D eigenvalue weighted by molar-refractivity contribution is 0.485. The summed E-state index contributed by atoms with van der Waals surface area (Å²) in [7, 11) is 4.11. The van der Waals surface area contributed by atoms with Crippen molar-refractivity contribution in [1.29, 1.82) is 0 Å². The van der Waals surface area contributed by atoms with Crippen LogP contribution < -0.4 is 0 Å². The topological polar surface area (TPSA) is 3.24 Å². The average molecular weight is 154 g/mol. The van der Waals surface area contributed by atoms with E-state index in [1.807, 2.05) is 11.8 Å². The van der Waals surface area contributed by atoms with Gasteiger partial charge in [0.1, 0.15) is 0 Å². The van der Waals surface area contributed by atoms with Crippen LogP contribution >= 0.6 is 23.4 Å². The molecule has 8 heavy (non-hydrogen) atoms. The molecule has 0 rings (SSSR count). The van der Waals surface area contributed by atoms with Crippen LogP contribution in [0.15, 0.2) is 0 Å². The van der Waals surface area contributed by atoms with Crippen molar-refractivity contribution in [3.05, 3.63) is 0 Å². The highest BCUT2D eigenvalue weighted by atomic mass is 35.5. The molecule has 0 amide bonds. The molecule has 0 aliphatic heterocycles. The minimum absolute atomic E-state index is 0.762. The summed E-state index contributed by atoms with van der Waals surface area (Å²) >= 11 is 7.30. The summed E-state index contributed by atoms with van der Waals surface area (Å²) in [4.78, 5) is 2.14. The monoisotopic (exact) mass is 153 g/mol. The maximum atomic E-state index is 5.45. The summed E-state index contributed by atoms with van der Waals surface area (Å²) in [5, 5.41) is 0. The smallest absolute Gasteiger partial charge is 0.0438 e. The van der Waals surface area contributed by atoms with Gasteiger partial charge >= 0.3 is 0 Å². The van der Waals surface area contributed by atoms with Gasteiger partial charge in [-0.2, -0.15) is 0 Å². The van der Waals surface area contributed by atoms with Crippen molar-refractivity contribution in [2.45, 2.75) is 0 Å². The number of halogens is 1. The molecule has 0 aromatic heterocycles. The second-order valence-corrected chi connectivity index (χ2v) is 3.26. The highest BCUT2D eigenvalue weighted by molar-refractivity contribution is 7.99. The molecule has 0 heterocycles. The van der Waals surface area contributed by atoms with Crippen molar-refractivity contribution >= 4 is 23.4 Å². The average Bonchev–Trinajstić information content (AvgIpc) is 1.66. The molecule has 0 spiro atoms. The molecule has 0 N–H and O–H groups in total. The number of thioether (sulfide) groups is 1. The molecule has 0 atom stereocenters. The Morgan fingerprint density at radius 3 is 2.50 bits per heavy atom. The molecular weight excluding hydrogens is 142 g/mol. The summed E-state index contributed by atoms with van der Waals surface area (Å²) in [6, 6.07) is 0. The third-order valence-electron chi connectivity index (χ3n) is 0.571. The van der Waals surface area contributed by atoms with E-state index in [0.717, 1.165) is 17.5 Å². The number of hydrogen-bond donors (Lipinski definition) is 0. The predicted octanol–water partition coefficient (Wildman–Crippen LogP) is 1.48. The molecule has 1 nitrogen and oxygen atoms in total. The molecule has 0 bridgehead atoms. The van der Waals surface area contributed by atoms with E-state index in [-0.39, 0.29) is 0 Å². The second-order valence-electron chi connectivity index (χ2n) is 1.81. The Labute approximate surface area is 60.4 Å². The highest BCUT2D eigenvalue weighted by Crippen LogP contribution is 2.00. The summed E-state index contributed by atoms with van der Waals surface area (Å²) in [6.45, 7) is 0. The van der Waals surface area contributed by atoms with Crippen molar-refractivity contribution < 1.29 is 0 Å². The van der Waals surface area contributed by atoms with Crippen molar-refractivity contribution in [2.75, 3.05) is 31.6 Å². The lowest BCUT2D eigenvalue weighted by Crippen LogP contribution is -2.10. The van der Waals surface area contributed by atoms with E-state index in [4.69, 9.17) is 11.6 Å². The van der Waals surface area contributed by atoms with Gasteiger partial charge in [0.05, 0.1) is 0 Å². The largest absolute Gasteiger partial charge is 0.300 e. The quantitative estimate of drug-likeness (QED) is 0.342. The van der Waals surface area contributed by atoms with Crippen LogP contribution in [0.5, 0.6) is 0 Å². The van der Waals surface area contributed by atoms with Crippen LogP contribution in [0.3, 0.4) is 0 Å².